The number of alkyl halides is 3. The van der Waals surface area contributed by atoms with E-state index in [1.165, 1.54) is 24.3 Å². The van der Waals surface area contributed by atoms with Gasteiger partial charge in [-0.05, 0) is 42.8 Å². The molecule has 0 saturated carbocycles. The Hall–Kier alpha value is -2.50. The van der Waals surface area contributed by atoms with Gasteiger partial charge in [-0.2, -0.15) is 13.2 Å². The molecule has 22 heavy (non-hydrogen) atoms. The highest BCUT2D eigenvalue weighted by Crippen LogP contribution is 2.29. The van der Waals surface area contributed by atoms with Crippen LogP contribution in [0.25, 0.3) is 6.08 Å². The van der Waals surface area contributed by atoms with Crippen LogP contribution in [-0.2, 0) is 17.5 Å². The fourth-order valence-electron chi connectivity index (χ4n) is 1.81. The van der Waals surface area contributed by atoms with Crippen molar-refractivity contribution in [1.82, 2.24) is 5.32 Å². The van der Waals surface area contributed by atoms with Gasteiger partial charge in [-0.25, -0.2) is 0 Å². The quantitative estimate of drug-likeness (QED) is 0.869. The zero-order valence-electron chi connectivity index (χ0n) is 11.8. The molecule has 3 nitrogen and oxygen atoms in total. The summed E-state index contributed by atoms with van der Waals surface area (Å²) in [5, 5.41) is 2.52. The molecule has 1 aromatic heterocycles. The molecular formula is C16H14F3NO2. The van der Waals surface area contributed by atoms with Crippen molar-refractivity contribution >= 4 is 12.0 Å². The predicted octanol–water partition coefficient (Wildman–Crippen LogP) is 3.94. The Kier molecular flexibility index (Phi) is 4.70. The molecule has 1 heterocycles. The number of hydrogen-bond acceptors (Lipinski definition) is 2. The lowest BCUT2D eigenvalue weighted by Gasteiger charge is -2.08. The molecule has 0 saturated heterocycles. The summed E-state index contributed by atoms with van der Waals surface area (Å²) in [7, 11) is 0. The Labute approximate surface area is 125 Å². The van der Waals surface area contributed by atoms with Crippen LogP contribution in [0.5, 0.6) is 0 Å². The van der Waals surface area contributed by atoms with Crippen molar-refractivity contribution in [1.29, 1.82) is 0 Å². The lowest BCUT2D eigenvalue weighted by Crippen LogP contribution is -2.20. The number of hydrogen-bond donors (Lipinski definition) is 1. The third-order valence-electron chi connectivity index (χ3n) is 2.88. The van der Waals surface area contributed by atoms with E-state index in [-0.39, 0.29) is 6.54 Å². The minimum absolute atomic E-state index is 0.0181. The number of furan rings is 1. The van der Waals surface area contributed by atoms with E-state index >= 15 is 0 Å². The second-order valence-electron chi connectivity index (χ2n) is 4.70. The van der Waals surface area contributed by atoms with E-state index in [1.807, 2.05) is 0 Å². The van der Waals surface area contributed by atoms with Crippen LogP contribution in [0.3, 0.4) is 0 Å². The molecule has 0 fully saturated rings. The smallest absolute Gasteiger partial charge is 0.416 e. The summed E-state index contributed by atoms with van der Waals surface area (Å²) in [5.74, 6) is 0.849. The van der Waals surface area contributed by atoms with Crippen LogP contribution in [0.1, 0.15) is 22.6 Å². The van der Waals surface area contributed by atoms with Gasteiger partial charge in [0.05, 0.1) is 5.56 Å². The summed E-state index contributed by atoms with van der Waals surface area (Å²) in [6.45, 7) is 1.80. The maximum absolute atomic E-state index is 12.6. The molecule has 1 amide bonds. The van der Waals surface area contributed by atoms with Gasteiger partial charge in [0.25, 0.3) is 0 Å². The van der Waals surface area contributed by atoms with Crippen molar-refractivity contribution in [3.63, 3.8) is 0 Å². The number of halogens is 3. The highest BCUT2D eigenvalue weighted by Gasteiger charge is 2.30. The van der Waals surface area contributed by atoms with E-state index in [9.17, 15) is 18.0 Å². The molecule has 0 aliphatic rings. The second kappa shape index (κ2) is 6.51. The first-order valence-corrected chi connectivity index (χ1v) is 6.53. The first kappa shape index (κ1) is 15.9. The predicted molar refractivity (Wildman–Crippen MR) is 75.8 cm³/mol. The van der Waals surface area contributed by atoms with Crippen LogP contribution in [0, 0.1) is 6.92 Å². The molecule has 0 bridgehead atoms. The molecule has 0 atom stereocenters. The van der Waals surface area contributed by atoms with Gasteiger partial charge in [0, 0.05) is 12.6 Å². The van der Waals surface area contributed by atoms with Crippen LogP contribution >= 0.6 is 0 Å². The number of amides is 1. The first-order valence-electron chi connectivity index (χ1n) is 6.53. The summed E-state index contributed by atoms with van der Waals surface area (Å²) >= 11 is 0. The summed E-state index contributed by atoms with van der Waals surface area (Å²) < 4.78 is 43.0. The lowest BCUT2D eigenvalue weighted by atomic mass is 10.1. The summed E-state index contributed by atoms with van der Waals surface area (Å²) in [4.78, 5) is 11.6. The lowest BCUT2D eigenvalue weighted by molar-refractivity contribution is -0.137. The molecule has 1 N–H and O–H groups in total. The summed E-state index contributed by atoms with van der Waals surface area (Å²) in [6, 6.07) is 8.32. The third-order valence-corrected chi connectivity index (χ3v) is 2.88. The Bertz CT molecular complexity index is 687. The topological polar surface area (TPSA) is 42.2 Å². The second-order valence-corrected chi connectivity index (χ2v) is 4.70. The van der Waals surface area contributed by atoms with Crippen molar-refractivity contribution in [2.45, 2.75) is 19.6 Å². The van der Waals surface area contributed by atoms with Crippen LogP contribution in [0.2, 0.25) is 0 Å². The van der Waals surface area contributed by atoms with Crippen LogP contribution < -0.4 is 5.32 Å². The number of carbonyl (C=O) groups excluding carboxylic acids is 1. The number of benzene rings is 1. The van der Waals surface area contributed by atoms with Crippen molar-refractivity contribution < 1.29 is 22.4 Å². The van der Waals surface area contributed by atoms with Crippen LogP contribution in [0.4, 0.5) is 13.2 Å². The monoisotopic (exact) mass is 309 g/mol. The zero-order valence-corrected chi connectivity index (χ0v) is 11.8. The first-order chi connectivity index (χ1) is 10.3. The fraction of sp³-hybridized carbons (Fsp3) is 0.188. The van der Waals surface area contributed by atoms with E-state index < -0.39 is 17.6 Å². The number of carbonyl (C=O) groups is 1. The van der Waals surface area contributed by atoms with E-state index in [0.29, 0.717) is 11.3 Å². The van der Waals surface area contributed by atoms with Crippen molar-refractivity contribution in [3.05, 3.63) is 65.1 Å². The molecule has 0 aliphatic heterocycles. The van der Waals surface area contributed by atoms with E-state index in [0.717, 1.165) is 17.9 Å². The normalized spacial score (nSPS) is 11.8. The largest absolute Gasteiger partial charge is 0.462 e. The van der Waals surface area contributed by atoms with Gasteiger partial charge in [0.15, 0.2) is 0 Å². The van der Waals surface area contributed by atoms with Crippen molar-refractivity contribution in [3.8, 4) is 0 Å². The number of rotatable bonds is 4. The number of aryl methyl sites for hydroxylation is 1. The maximum Gasteiger partial charge on any atom is 0.416 e. The standard InChI is InChI=1S/C16H14F3NO2/c1-11-5-6-14(22-11)7-8-15(21)20-10-12-3-2-4-13(9-12)16(17,18)19/h2-9H,10H2,1H3,(H,20,21)/b8-7+. The minimum Gasteiger partial charge on any atom is -0.462 e. The molecule has 0 unspecified atom stereocenters. The van der Waals surface area contributed by atoms with E-state index in [4.69, 9.17) is 4.42 Å². The van der Waals surface area contributed by atoms with Gasteiger partial charge in [0.2, 0.25) is 5.91 Å². The molecule has 0 radical (unpaired) electrons. The van der Waals surface area contributed by atoms with E-state index in [1.54, 1.807) is 19.1 Å². The van der Waals surface area contributed by atoms with Crippen molar-refractivity contribution in [2.75, 3.05) is 0 Å². The fourth-order valence-corrected chi connectivity index (χ4v) is 1.81. The molecule has 116 valence electrons. The maximum atomic E-state index is 12.6. The molecule has 0 aliphatic carbocycles. The molecule has 1 aromatic carbocycles. The summed E-state index contributed by atoms with van der Waals surface area (Å²) in [6.07, 6.45) is -1.63. The Morgan fingerprint density at radius 2 is 2.05 bits per heavy atom. The molecule has 6 heteroatoms. The molecule has 2 rings (SSSR count). The Balaban J connectivity index is 1.92. The van der Waals surface area contributed by atoms with Crippen molar-refractivity contribution in [2.24, 2.45) is 0 Å². The Morgan fingerprint density at radius 3 is 2.68 bits per heavy atom. The SMILES string of the molecule is Cc1ccc(/C=C/C(=O)NCc2cccc(C(F)(F)F)c2)o1. The van der Waals surface area contributed by atoms with Gasteiger partial charge >= 0.3 is 6.18 Å². The average molecular weight is 309 g/mol. The van der Waals surface area contributed by atoms with Gasteiger partial charge in [-0.15, -0.1) is 0 Å². The zero-order chi connectivity index (χ0) is 16.2. The molecule has 0 spiro atoms. The van der Waals surface area contributed by atoms with Crippen LogP contribution in [0.15, 0.2) is 46.9 Å². The third kappa shape index (κ3) is 4.51. The highest BCUT2D eigenvalue weighted by molar-refractivity contribution is 5.91. The van der Waals surface area contributed by atoms with Gasteiger partial charge in [-0.3, -0.25) is 4.79 Å². The molecule has 2 aromatic rings. The van der Waals surface area contributed by atoms with Gasteiger partial charge in [-0.1, -0.05) is 12.1 Å². The van der Waals surface area contributed by atoms with Crippen LogP contribution in [-0.4, -0.2) is 5.91 Å². The molecular weight excluding hydrogens is 295 g/mol. The van der Waals surface area contributed by atoms with E-state index in [2.05, 4.69) is 5.32 Å². The van der Waals surface area contributed by atoms with Gasteiger partial charge in [0.1, 0.15) is 11.5 Å². The average Bonchev–Trinajstić information content (AvgIpc) is 2.88. The highest BCUT2D eigenvalue weighted by atomic mass is 19.4. The number of nitrogens with one attached hydrogen (secondary N) is 1. The minimum atomic E-state index is -4.39. The van der Waals surface area contributed by atoms with Gasteiger partial charge < -0.3 is 9.73 Å². The summed E-state index contributed by atoms with van der Waals surface area (Å²) in [5.41, 5.74) is -0.355. The Morgan fingerprint density at radius 1 is 1.27 bits per heavy atom.